The molecule has 0 fully saturated rings. The molecule has 10 heteroatoms. The topological polar surface area (TPSA) is 185 Å². The Bertz CT molecular complexity index is 667. The lowest BCUT2D eigenvalue weighted by molar-refractivity contribution is -0.142. The zero-order chi connectivity index (χ0) is 20.4. The molecule has 27 heavy (non-hydrogen) atoms. The van der Waals surface area contributed by atoms with Gasteiger partial charge < -0.3 is 32.3 Å². The van der Waals surface area contributed by atoms with E-state index >= 15 is 0 Å². The van der Waals surface area contributed by atoms with Gasteiger partial charge in [-0.2, -0.15) is 0 Å². The molecule has 0 saturated heterocycles. The van der Waals surface area contributed by atoms with Gasteiger partial charge in [-0.3, -0.25) is 14.4 Å². The maximum absolute atomic E-state index is 12.5. The highest BCUT2D eigenvalue weighted by molar-refractivity contribution is 5.92. The fraction of sp³-hybridized carbons (Fsp3) is 0.412. The summed E-state index contributed by atoms with van der Waals surface area (Å²) in [6, 6.07) is 5.07. The molecule has 3 amide bonds. The molecule has 0 aliphatic heterocycles. The van der Waals surface area contributed by atoms with Gasteiger partial charge in [0.2, 0.25) is 17.7 Å². The summed E-state index contributed by atoms with van der Waals surface area (Å²) in [5.41, 5.74) is 11.2. The SMILES string of the molecule is NC(=O)CC[C@H](NC(=O)[C@H](Cc1ccccc1)NC(=O)[C@@H](N)CO)C(=O)O. The second-order valence-corrected chi connectivity index (χ2v) is 5.94. The van der Waals surface area contributed by atoms with Crippen LogP contribution in [-0.2, 0) is 25.6 Å². The van der Waals surface area contributed by atoms with Crippen molar-refractivity contribution in [3.8, 4) is 0 Å². The molecule has 0 spiro atoms. The molecule has 10 nitrogen and oxygen atoms in total. The van der Waals surface area contributed by atoms with Crippen molar-refractivity contribution in [2.75, 3.05) is 6.61 Å². The summed E-state index contributed by atoms with van der Waals surface area (Å²) in [5, 5.41) is 22.9. The quantitative estimate of drug-likeness (QED) is 0.253. The maximum Gasteiger partial charge on any atom is 0.326 e. The van der Waals surface area contributed by atoms with Crippen molar-refractivity contribution >= 4 is 23.7 Å². The van der Waals surface area contributed by atoms with Gasteiger partial charge >= 0.3 is 5.97 Å². The van der Waals surface area contributed by atoms with E-state index in [0.717, 1.165) is 5.56 Å². The minimum Gasteiger partial charge on any atom is -0.480 e. The molecule has 1 aromatic rings. The number of nitrogens with one attached hydrogen (secondary N) is 2. The molecule has 148 valence electrons. The van der Waals surface area contributed by atoms with E-state index in [0.29, 0.717) is 0 Å². The highest BCUT2D eigenvalue weighted by Gasteiger charge is 2.28. The zero-order valence-corrected chi connectivity index (χ0v) is 14.6. The van der Waals surface area contributed by atoms with Crippen LogP contribution in [0.1, 0.15) is 18.4 Å². The Balaban J connectivity index is 2.91. The number of carbonyl (C=O) groups excluding carboxylic acids is 3. The molecule has 0 aliphatic rings. The first-order chi connectivity index (χ1) is 12.7. The van der Waals surface area contributed by atoms with E-state index < -0.39 is 48.4 Å². The molecule has 1 aromatic carbocycles. The van der Waals surface area contributed by atoms with Gasteiger partial charge in [0, 0.05) is 12.8 Å². The molecule has 1 rings (SSSR count). The third-order valence-electron chi connectivity index (χ3n) is 3.74. The van der Waals surface area contributed by atoms with Crippen LogP contribution in [0.2, 0.25) is 0 Å². The van der Waals surface area contributed by atoms with Crippen molar-refractivity contribution in [3.05, 3.63) is 35.9 Å². The van der Waals surface area contributed by atoms with Crippen LogP contribution in [0.5, 0.6) is 0 Å². The van der Waals surface area contributed by atoms with Gasteiger partial charge in [-0.25, -0.2) is 4.79 Å². The minimum atomic E-state index is -1.34. The lowest BCUT2D eigenvalue weighted by Crippen LogP contribution is -2.55. The van der Waals surface area contributed by atoms with E-state index in [-0.39, 0.29) is 19.3 Å². The van der Waals surface area contributed by atoms with Crippen LogP contribution in [0.4, 0.5) is 0 Å². The van der Waals surface area contributed by atoms with E-state index in [1.54, 1.807) is 30.3 Å². The highest BCUT2D eigenvalue weighted by Crippen LogP contribution is 2.06. The van der Waals surface area contributed by atoms with Gasteiger partial charge in [0.05, 0.1) is 6.61 Å². The number of carbonyl (C=O) groups is 4. The molecule has 0 unspecified atom stereocenters. The molecule has 0 aromatic heterocycles. The Kier molecular flexibility index (Phi) is 8.90. The summed E-state index contributed by atoms with van der Waals surface area (Å²) in [7, 11) is 0. The van der Waals surface area contributed by atoms with Crippen LogP contribution in [0, 0.1) is 0 Å². The molecule has 0 radical (unpaired) electrons. The standard InChI is InChI=1S/C17H24N4O6/c18-11(9-22)15(24)21-13(8-10-4-2-1-3-5-10)16(25)20-12(17(26)27)6-7-14(19)23/h1-5,11-13,22H,6-9,18H2,(H2,19,23)(H,20,25)(H,21,24)(H,26,27)/t11-,12-,13-/m0/s1. The lowest BCUT2D eigenvalue weighted by Gasteiger charge is -2.22. The first-order valence-corrected chi connectivity index (χ1v) is 8.26. The number of nitrogens with two attached hydrogens (primary N) is 2. The molecule has 8 N–H and O–H groups in total. The Morgan fingerprint density at radius 3 is 2.11 bits per heavy atom. The third-order valence-corrected chi connectivity index (χ3v) is 3.74. The second-order valence-electron chi connectivity index (χ2n) is 5.94. The van der Waals surface area contributed by atoms with Crippen molar-refractivity contribution in [3.63, 3.8) is 0 Å². The van der Waals surface area contributed by atoms with Crippen LogP contribution in [0.3, 0.4) is 0 Å². The average Bonchev–Trinajstić information content (AvgIpc) is 2.63. The summed E-state index contributed by atoms with van der Waals surface area (Å²) in [5.74, 6) is -3.54. The van der Waals surface area contributed by atoms with Crippen molar-refractivity contribution < 1.29 is 29.4 Å². The van der Waals surface area contributed by atoms with E-state index in [9.17, 15) is 24.3 Å². The van der Waals surface area contributed by atoms with E-state index in [4.69, 9.17) is 16.6 Å². The number of carboxylic acids is 1. The normalized spacial score (nSPS) is 13.9. The van der Waals surface area contributed by atoms with Crippen LogP contribution in [0.15, 0.2) is 30.3 Å². The van der Waals surface area contributed by atoms with E-state index in [2.05, 4.69) is 10.6 Å². The van der Waals surface area contributed by atoms with Crippen molar-refractivity contribution in [2.24, 2.45) is 11.5 Å². The summed E-state index contributed by atoms with van der Waals surface area (Å²) >= 11 is 0. The maximum atomic E-state index is 12.5. The van der Waals surface area contributed by atoms with Crippen molar-refractivity contribution in [1.29, 1.82) is 0 Å². The largest absolute Gasteiger partial charge is 0.480 e. The third kappa shape index (κ3) is 7.84. The number of amides is 3. The molecule has 0 heterocycles. The number of carboxylic acid groups (broad SMARTS) is 1. The Morgan fingerprint density at radius 2 is 1.59 bits per heavy atom. The second kappa shape index (κ2) is 10.9. The fourth-order valence-corrected chi connectivity index (χ4v) is 2.24. The van der Waals surface area contributed by atoms with Crippen molar-refractivity contribution in [2.45, 2.75) is 37.4 Å². The Labute approximate surface area is 155 Å². The highest BCUT2D eigenvalue weighted by atomic mass is 16.4. The van der Waals surface area contributed by atoms with Crippen LogP contribution >= 0.6 is 0 Å². The smallest absolute Gasteiger partial charge is 0.326 e. The monoisotopic (exact) mass is 380 g/mol. The number of aliphatic hydroxyl groups excluding tert-OH is 1. The Hall–Kier alpha value is -2.98. The molecular weight excluding hydrogens is 356 g/mol. The number of primary amides is 1. The first-order valence-electron chi connectivity index (χ1n) is 8.26. The molecule has 0 aliphatic carbocycles. The lowest BCUT2D eigenvalue weighted by atomic mass is 10.0. The summed E-state index contributed by atoms with van der Waals surface area (Å²) in [6.45, 7) is -0.609. The summed E-state index contributed by atoms with van der Waals surface area (Å²) < 4.78 is 0. The van der Waals surface area contributed by atoms with Gasteiger partial charge in [0.25, 0.3) is 0 Å². The minimum absolute atomic E-state index is 0.0821. The van der Waals surface area contributed by atoms with Crippen LogP contribution < -0.4 is 22.1 Å². The molecule has 0 bridgehead atoms. The molecule has 3 atom stereocenters. The van der Waals surface area contributed by atoms with Gasteiger partial charge in [-0.1, -0.05) is 30.3 Å². The van der Waals surface area contributed by atoms with Crippen LogP contribution in [0.25, 0.3) is 0 Å². The van der Waals surface area contributed by atoms with Gasteiger partial charge in [-0.15, -0.1) is 0 Å². The number of aliphatic hydroxyl groups is 1. The van der Waals surface area contributed by atoms with Gasteiger partial charge in [0.15, 0.2) is 0 Å². The number of aliphatic carboxylic acids is 1. The number of hydrogen-bond acceptors (Lipinski definition) is 6. The van der Waals surface area contributed by atoms with Gasteiger partial charge in [0.1, 0.15) is 18.1 Å². The van der Waals surface area contributed by atoms with Gasteiger partial charge in [-0.05, 0) is 12.0 Å². The molecule has 0 saturated carbocycles. The molecular formula is C17H24N4O6. The first kappa shape index (κ1) is 22.1. The predicted molar refractivity (Wildman–Crippen MR) is 95.1 cm³/mol. The Morgan fingerprint density at radius 1 is 1.00 bits per heavy atom. The number of rotatable bonds is 11. The summed E-state index contributed by atoms with van der Waals surface area (Å²) in [6.07, 6.45) is -0.320. The van der Waals surface area contributed by atoms with E-state index in [1.165, 1.54) is 0 Å². The summed E-state index contributed by atoms with van der Waals surface area (Å²) in [4.78, 5) is 46.7. The zero-order valence-electron chi connectivity index (χ0n) is 14.6. The van der Waals surface area contributed by atoms with Crippen molar-refractivity contribution in [1.82, 2.24) is 10.6 Å². The van der Waals surface area contributed by atoms with E-state index in [1.807, 2.05) is 0 Å². The predicted octanol–water partition coefficient (Wildman–Crippen LogP) is -2.13. The number of hydrogen-bond donors (Lipinski definition) is 6. The average molecular weight is 380 g/mol. The number of benzene rings is 1. The van der Waals surface area contributed by atoms with Crippen LogP contribution in [-0.4, -0.2) is 58.6 Å². The fourth-order valence-electron chi connectivity index (χ4n) is 2.24.